The lowest BCUT2D eigenvalue weighted by Gasteiger charge is -2.45. The number of fused-ring (bicyclic) bond motifs is 1. The molecule has 3 rings (SSSR count). The van der Waals surface area contributed by atoms with E-state index in [1.165, 1.54) is 7.11 Å². The van der Waals surface area contributed by atoms with Crippen LogP contribution in [0.5, 0.6) is 0 Å². The zero-order valence-corrected chi connectivity index (χ0v) is 11.1. The maximum Gasteiger partial charge on any atom is 0.186 e. The molecule has 2 fully saturated rings. The number of aliphatic hydroxyl groups excluding tert-OH is 2. The first-order valence-electron chi connectivity index (χ1n) is 6.57. The van der Waals surface area contributed by atoms with Gasteiger partial charge in [0.15, 0.2) is 12.6 Å². The third-order valence-electron chi connectivity index (χ3n) is 3.64. The van der Waals surface area contributed by atoms with Crippen LogP contribution in [0.2, 0.25) is 0 Å². The summed E-state index contributed by atoms with van der Waals surface area (Å²) < 4.78 is 21.9. The van der Waals surface area contributed by atoms with Crippen molar-refractivity contribution in [1.82, 2.24) is 0 Å². The van der Waals surface area contributed by atoms with Gasteiger partial charge in [0.1, 0.15) is 24.4 Å². The average molecular weight is 282 g/mol. The molecule has 2 N–H and O–H groups in total. The van der Waals surface area contributed by atoms with Gasteiger partial charge in [0, 0.05) is 12.7 Å². The molecule has 0 aromatic heterocycles. The summed E-state index contributed by atoms with van der Waals surface area (Å²) in [6, 6.07) is 9.45. The highest BCUT2D eigenvalue weighted by Crippen LogP contribution is 2.33. The van der Waals surface area contributed by atoms with Crippen LogP contribution < -0.4 is 0 Å². The van der Waals surface area contributed by atoms with Crippen LogP contribution in [0.3, 0.4) is 0 Å². The fraction of sp³-hybridized carbons (Fsp3) is 0.571. The molecule has 6 nitrogen and oxygen atoms in total. The Morgan fingerprint density at radius 2 is 1.85 bits per heavy atom. The minimum atomic E-state index is -1.14. The van der Waals surface area contributed by atoms with Crippen molar-refractivity contribution in [3.8, 4) is 0 Å². The topological polar surface area (TPSA) is 77.4 Å². The molecule has 110 valence electrons. The van der Waals surface area contributed by atoms with Crippen molar-refractivity contribution in [3.05, 3.63) is 35.9 Å². The highest BCUT2D eigenvalue weighted by atomic mass is 16.7. The number of aliphatic hydroxyl groups is 2. The summed E-state index contributed by atoms with van der Waals surface area (Å²) in [7, 11) is 1.41. The SMILES string of the molecule is CO[C@H]1O[C@H]2CO[C@@H](c3ccccc3)O[C@H]2[C@@H](O)[C@@H]1O. The first-order chi connectivity index (χ1) is 9.70. The Morgan fingerprint density at radius 1 is 1.10 bits per heavy atom. The van der Waals surface area contributed by atoms with Crippen molar-refractivity contribution >= 4 is 0 Å². The molecular weight excluding hydrogens is 264 g/mol. The van der Waals surface area contributed by atoms with E-state index in [2.05, 4.69) is 0 Å². The van der Waals surface area contributed by atoms with Crippen LogP contribution in [0.1, 0.15) is 11.9 Å². The predicted molar refractivity (Wildman–Crippen MR) is 67.7 cm³/mol. The van der Waals surface area contributed by atoms with Crippen molar-refractivity contribution in [2.75, 3.05) is 13.7 Å². The number of benzene rings is 1. The molecule has 6 atom stereocenters. The average Bonchev–Trinajstić information content (AvgIpc) is 2.51. The van der Waals surface area contributed by atoms with E-state index < -0.39 is 37.0 Å². The molecule has 0 amide bonds. The Hall–Kier alpha value is -1.02. The Morgan fingerprint density at radius 3 is 2.55 bits per heavy atom. The number of ether oxygens (including phenoxy) is 4. The molecule has 0 bridgehead atoms. The van der Waals surface area contributed by atoms with E-state index in [-0.39, 0.29) is 6.61 Å². The number of rotatable bonds is 2. The molecule has 0 unspecified atom stereocenters. The van der Waals surface area contributed by atoms with Crippen molar-refractivity contribution < 1.29 is 29.2 Å². The van der Waals surface area contributed by atoms with Crippen LogP contribution >= 0.6 is 0 Å². The third kappa shape index (κ3) is 2.46. The van der Waals surface area contributed by atoms with Crippen LogP contribution in [0.4, 0.5) is 0 Å². The van der Waals surface area contributed by atoms with Gasteiger partial charge >= 0.3 is 0 Å². The molecule has 0 saturated carbocycles. The molecule has 0 aliphatic carbocycles. The van der Waals surface area contributed by atoms with E-state index >= 15 is 0 Å². The minimum absolute atomic E-state index is 0.272. The molecule has 2 heterocycles. The molecule has 2 aliphatic heterocycles. The maximum absolute atomic E-state index is 10.1. The zero-order valence-electron chi connectivity index (χ0n) is 11.1. The van der Waals surface area contributed by atoms with Crippen molar-refractivity contribution in [3.63, 3.8) is 0 Å². The van der Waals surface area contributed by atoms with E-state index in [9.17, 15) is 10.2 Å². The van der Waals surface area contributed by atoms with Gasteiger partial charge in [-0.1, -0.05) is 30.3 Å². The minimum Gasteiger partial charge on any atom is -0.387 e. The highest BCUT2D eigenvalue weighted by molar-refractivity contribution is 5.16. The van der Waals surface area contributed by atoms with Gasteiger partial charge in [-0.2, -0.15) is 0 Å². The van der Waals surface area contributed by atoms with Gasteiger partial charge in [-0.25, -0.2) is 0 Å². The molecular formula is C14H18O6. The lowest BCUT2D eigenvalue weighted by Crippen LogP contribution is -2.62. The summed E-state index contributed by atoms with van der Waals surface area (Å²) in [6.07, 6.45) is -4.76. The molecule has 0 radical (unpaired) electrons. The van der Waals surface area contributed by atoms with E-state index in [1.807, 2.05) is 30.3 Å². The van der Waals surface area contributed by atoms with Crippen LogP contribution in [0, 0.1) is 0 Å². The summed E-state index contributed by atoms with van der Waals surface area (Å²) in [6.45, 7) is 0.272. The van der Waals surface area contributed by atoms with E-state index in [4.69, 9.17) is 18.9 Å². The van der Waals surface area contributed by atoms with E-state index in [0.717, 1.165) is 5.56 Å². The lowest BCUT2D eigenvalue weighted by atomic mass is 9.98. The Kier molecular flexibility index (Phi) is 4.02. The van der Waals surface area contributed by atoms with Gasteiger partial charge in [0.2, 0.25) is 0 Å². The third-order valence-corrected chi connectivity index (χ3v) is 3.64. The normalized spacial score (nSPS) is 41.1. The molecule has 20 heavy (non-hydrogen) atoms. The van der Waals surface area contributed by atoms with Crippen molar-refractivity contribution in [2.24, 2.45) is 0 Å². The van der Waals surface area contributed by atoms with Gasteiger partial charge in [0.25, 0.3) is 0 Å². The lowest BCUT2D eigenvalue weighted by molar-refractivity contribution is -0.358. The first kappa shape index (κ1) is 13.9. The smallest absolute Gasteiger partial charge is 0.186 e. The predicted octanol–water partition coefficient (Wildman–Crippen LogP) is 0.194. The largest absolute Gasteiger partial charge is 0.387 e. The molecule has 6 heteroatoms. The number of hydrogen-bond donors (Lipinski definition) is 2. The Labute approximate surface area is 116 Å². The quantitative estimate of drug-likeness (QED) is 0.806. The summed E-state index contributed by atoms with van der Waals surface area (Å²) in [5, 5.41) is 20.1. The van der Waals surface area contributed by atoms with Crippen LogP contribution in [-0.2, 0) is 18.9 Å². The maximum atomic E-state index is 10.1. The molecule has 2 aliphatic rings. The number of hydrogen-bond acceptors (Lipinski definition) is 6. The first-order valence-corrected chi connectivity index (χ1v) is 6.57. The second-order valence-corrected chi connectivity index (χ2v) is 4.94. The fourth-order valence-corrected chi connectivity index (χ4v) is 2.55. The highest BCUT2D eigenvalue weighted by Gasteiger charge is 2.48. The van der Waals surface area contributed by atoms with Gasteiger partial charge < -0.3 is 29.2 Å². The second kappa shape index (κ2) is 5.77. The molecule has 2 saturated heterocycles. The van der Waals surface area contributed by atoms with Crippen molar-refractivity contribution in [1.29, 1.82) is 0 Å². The summed E-state index contributed by atoms with van der Waals surface area (Å²) >= 11 is 0. The van der Waals surface area contributed by atoms with Gasteiger partial charge in [-0.05, 0) is 0 Å². The zero-order chi connectivity index (χ0) is 14.1. The fourth-order valence-electron chi connectivity index (χ4n) is 2.55. The van der Waals surface area contributed by atoms with Crippen LogP contribution in [0.15, 0.2) is 30.3 Å². The molecule has 1 aromatic rings. The van der Waals surface area contributed by atoms with Gasteiger partial charge in [0.05, 0.1) is 6.61 Å². The van der Waals surface area contributed by atoms with Crippen molar-refractivity contribution in [2.45, 2.75) is 37.0 Å². The summed E-state index contributed by atoms with van der Waals surface area (Å²) in [5.41, 5.74) is 0.863. The van der Waals surface area contributed by atoms with E-state index in [1.54, 1.807) is 0 Å². The van der Waals surface area contributed by atoms with Gasteiger partial charge in [-0.15, -0.1) is 0 Å². The monoisotopic (exact) mass is 282 g/mol. The van der Waals surface area contributed by atoms with Gasteiger partial charge in [-0.3, -0.25) is 0 Å². The number of methoxy groups -OCH3 is 1. The van der Waals surface area contributed by atoms with E-state index in [0.29, 0.717) is 0 Å². The second-order valence-electron chi connectivity index (χ2n) is 4.94. The summed E-state index contributed by atoms with van der Waals surface area (Å²) in [4.78, 5) is 0. The standard InChI is InChI=1S/C14H18O6/c1-17-14-11(16)10(15)12-9(19-14)7-18-13(20-12)8-5-3-2-4-6-8/h2-6,9-16H,7H2,1H3/t9-,10-,11-,12+,13+,14-/m0/s1. The summed E-state index contributed by atoms with van der Waals surface area (Å²) in [5.74, 6) is 0. The molecule has 0 spiro atoms. The van der Waals surface area contributed by atoms with Crippen LogP contribution in [0.25, 0.3) is 0 Å². The Balaban J connectivity index is 1.74. The molecule has 1 aromatic carbocycles. The Bertz CT molecular complexity index is 437. The van der Waals surface area contributed by atoms with Crippen LogP contribution in [-0.4, -0.2) is 54.6 Å².